The lowest BCUT2D eigenvalue weighted by Crippen LogP contribution is -2.15. The molecule has 0 aromatic carbocycles. The first-order valence-electron chi connectivity index (χ1n) is 6.51. The van der Waals surface area contributed by atoms with Crippen molar-refractivity contribution in [2.45, 2.75) is 18.5 Å². The van der Waals surface area contributed by atoms with Crippen LogP contribution >= 0.6 is 23.1 Å². The standard InChI is InChI=1S/C12H13N5O4S2/c1-2-21-10(20)3-7-5-22-11(14-7)16-9(19)6-23-12-15-8(18)4-13-17-12/h4-5H,2-3,6H2,1H3,(H,14,16,19)(H,15,17,18). The molecule has 122 valence electrons. The van der Waals surface area contributed by atoms with E-state index in [-0.39, 0.29) is 34.8 Å². The average molecular weight is 355 g/mol. The van der Waals surface area contributed by atoms with Gasteiger partial charge in [-0.15, -0.1) is 16.4 Å². The molecule has 2 rings (SSSR count). The number of rotatable bonds is 7. The Morgan fingerprint density at radius 1 is 1.48 bits per heavy atom. The minimum atomic E-state index is -0.383. The number of carbonyl (C=O) groups excluding carboxylic acids is 2. The number of anilines is 1. The first-order chi connectivity index (χ1) is 11.1. The third-order valence-corrected chi connectivity index (χ3v) is 3.99. The predicted octanol–water partition coefficient (Wildman–Crippen LogP) is 0.458. The molecular formula is C12H13N5O4S2. The highest BCUT2D eigenvalue weighted by molar-refractivity contribution is 7.99. The van der Waals surface area contributed by atoms with Crippen LogP contribution in [0.25, 0.3) is 0 Å². The molecule has 0 aliphatic heterocycles. The predicted molar refractivity (Wildman–Crippen MR) is 84.5 cm³/mol. The molecule has 0 aliphatic rings. The van der Waals surface area contributed by atoms with Gasteiger partial charge in [0.15, 0.2) is 10.3 Å². The van der Waals surface area contributed by atoms with E-state index in [4.69, 9.17) is 4.74 Å². The van der Waals surface area contributed by atoms with Crippen molar-refractivity contribution in [1.29, 1.82) is 0 Å². The second kappa shape index (κ2) is 8.39. The molecule has 1 amide bonds. The number of aromatic nitrogens is 4. The monoisotopic (exact) mass is 355 g/mol. The van der Waals surface area contributed by atoms with Gasteiger partial charge in [-0.25, -0.2) is 4.98 Å². The normalized spacial score (nSPS) is 10.3. The van der Waals surface area contributed by atoms with E-state index < -0.39 is 0 Å². The molecule has 0 bridgehead atoms. The van der Waals surface area contributed by atoms with Crippen LogP contribution in [0.5, 0.6) is 0 Å². The highest BCUT2D eigenvalue weighted by atomic mass is 32.2. The largest absolute Gasteiger partial charge is 0.466 e. The Morgan fingerprint density at radius 2 is 2.30 bits per heavy atom. The van der Waals surface area contributed by atoms with Crippen LogP contribution in [0, 0.1) is 0 Å². The SMILES string of the molecule is CCOC(=O)Cc1csc(NC(=O)CSc2nncc(=O)[nH]2)n1. The minimum absolute atomic E-state index is 0.0431. The molecule has 2 aromatic rings. The lowest BCUT2D eigenvalue weighted by Gasteiger charge is -2.01. The third kappa shape index (κ3) is 5.79. The maximum atomic E-state index is 11.8. The van der Waals surface area contributed by atoms with E-state index in [1.807, 2.05) is 0 Å². The molecule has 0 radical (unpaired) electrons. The number of thiazole rings is 1. The Labute approximate surface area is 138 Å². The fourth-order valence-electron chi connectivity index (χ4n) is 1.46. The molecule has 2 heterocycles. The van der Waals surface area contributed by atoms with E-state index in [0.29, 0.717) is 17.4 Å². The van der Waals surface area contributed by atoms with Crippen LogP contribution in [0.15, 0.2) is 21.5 Å². The van der Waals surface area contributed by atoms with Gasteiger partial charge >= 0.3 is 5.97 Å². The van der Waals surface area contributed by atoms with Gasteiger partial charge in [0.1, 0.15) is 6.20 Å². The molecule has 0 fully saturated rings. The second-order valence-corrected chi connectivity index (χ2v) is 5.92. The van der Waals surface area contributed by atoms with E-state index in [1.54, 1.807) is 12.3 Å². The van der Waals surface area contributed by atoms with E-state index in [2.05, 4.69) is 25.5 Å². The van der Waals surface area contributed by atoms with Crippen molar-refractivity contribution in [3.63, 3.8) is 0 Å². The van der Waals surface area contributed by atoms with Crippen molar-refractivity contribution >= 4 is 40.1 Å². The highest BCUT2D eigenvalue weighted by Gasteiger charge is 2.11. The number of nitrogens with one attached hydrogen (secondary N) is 2. The Balaban J connectivity index is 1.82. The number of hydrogen-bond acceptors (Lipinski definition) is 9. The summed E-state index contributed by atoms with van der Waals surface area (Å²) in [6.07, 6.45) is 1.11. The topological polar surface area (TPSA) is 127 Å². The summed E-state index contributed by atoms with van der Waals surface area (Å²) in [5.74, 6) is -0.627. The first kappa shape index (κ1) is 17.1. The number of amides is 1. The fraction of sp³-hybridized carbons (Fsp3) is 0.333. The zero-order valence-electron chi connectivity index (χ0n) is 12.1. The Morgan fingerprint density at radius 3 is 3.04 bits per heavy atom. The zero-order valence-corrected chi connectivity index (χ0v) is 13.7. The third-order valence-electron chi connectivity index (χ3n) is 2.32. The average Bonchev–Trinajstić information content (AvgIpc) is 2.92. The number of esters is 1. The molecule has 0 saturated heterocycles. The Hall–Kier alpha value is -2.27. The summed E-state index contributed by atoms with van der Waals surface area (Å²) in [6.45, 7) is 2.04. The van der Waals surface area contributed by atoms with Gasteiger partial charge in [0, 0.05) is 5.38 Å². The van der Waals surface area contributed by atoms with Crippen molar-refractivity contribution in [3.8, 4) is 0 Å². The molecule has 9 nitrogen and oxygen atoms in total. The number of carbonyl (C=O) groups is 2. The minimum Gasteiger partial charge on any atom is -0.466 e. The smallest absolute Gasteiger partial charge is 0.311 e. The van der Waals surface area contributed by atoms with Crippen LogP contribution in [0.4, 0.5) is 5.13 Å². The van der Waals surface area contributed by atoms with Crippen molar-refractivity contribution in [1.82, 2.24) is 20.2 Å². The van der Waals surface area contributed by atoms with Crippen molar-refractivity contribution < 1.29 is 14.3 Å². The molecule has 0 atom stereocenters. The zero-order chi connectivity index (χ0) is 16.7. The summed E-state index contributed by atoms with van der Waals surface area (Å²) in [7, 11) is 0. The summed E-state index contributed by atoms with van der Waals surface area (Å²) in [4.78, 5) is 40.8. The van der Waals surface area contributed by atoms with Crippen LogP contribution in [0.2, 0.25) is 0 Å². The van der Waals surface area contributed by atoms with Gasteiger partial charge in [0.05, 0.1) is 24.5 Å². The van der Waals surface area contributed by atoms with Crippen LogP contribution in [-0.4, -0.2) is 44.4 Å². The van der Waals surface area contributed by atoms with Crippen LogP contribution in [0.1, 0.15) is 12.6 Å². The van der Waals surface area contributed by atoms with Crippen molar-refractivity contribution in [2.24, 2.45) is 0 Å². The number of ether oxygens (including phenoxy) is 1. The summed E-state index contributed by atoms with van der Waals surface area (Å²) < 4.78 is 4.83. The van der Waals surface area contributed by atoms with Crippen LogP contribution in [0.3, 0.4) is 0 Å². The second-order valence-electron chi connectivity index (χ2n) is 4.10. The van der Waals surface area contributed by atoms with E-state index in [9.17, 15) is 14.4 Å². The molecule has 0 aliphatic carbocycles. The molecule has 11 heteroatoms. The first-order valence-corrected chi connectivity index (χ1v) is 8.38. The summed E-state index contributed by atoms with van der Waals surface area (Å²) in [5, 5.41) is 12.1. The van der Waals surface area contributed by atoms with Gasteiger partial charge in [-0.2, -0.15) is 5.10 Å². The number of hydrogen-bond donors (Lipinski definition) is 2. The van der Waals surface area contributed by atoms with E-state index >= 15 is 0 Å². The van der Waals surface area contributed by atoms with E-state index in [1.165, 1.54) is 11.3 Å². The van der Waals surface area contributed by atoms with Crippen molar-refractivity contribution in [3.05, 3.63) is 27.6 Å². The van der Waals surface area contributed by atoms with Crippen LogP contribution < -0.4 is 10.9 Å². The van der Waals surface area contributed by atoms with Gasteiger partial charge in [0.2, 0.25) is 5.91 Å². The van der Waals surface area contributed by atoms with E-state index in [0.717, 1.165) is 18.0 Å². The molecule has 2 N–H and O–H groups in total. The summed E-state index contributed by atoms with van der Waals surface area (Å²) >= 11 is 2.26. The molecular weight excluding hydrogens is 342 g/mol. The summed E-state index contributed by atoms with van der Waals surface area (Å²) in [6, 6.07) is 0. The number of H-pyrrole nitrogens is 1. The van der Waals surface area contributed by atoms with Crippen LogP contribution in [-0.2, 0) is 20.7 Å². The van der Waals surface area contributed by atoms with Crippen molar-refractivity contribution in [2.75, 3.05) is 17.7 Å². The Bertz CT molecular complexity index is 745. The molecule has 0 spiro atoms. The van der Waals surface area contributed by atoms with Gasteiger partial charge in [-0.05, 0) is 6.92 Å². The number of aromatic amines is 1. The highest BCUT2D eigenvalue weighted by Crippen LogP contribution is 2.17. The maximum absolute atomic E-state index is 11.8. The number of thioether (sulfide) groups is 1. The molecule has 23 heavy (non-hydrogen) atoms. The van der Waals surface area contributed by atoms with Gasteiger partial charge in [-0.3, -0.25) is 19.4 Å². The fourth-order valence-corrected chi connectivity index (χ4v) is 2.80. The quantitative estimate of drug-likeness (QED) is 0.542. The lowest BCUT2D eigenvalue weighted by atomic mass is 10.3. The van der Waals surface area contributed by atoms with Gasteiger partial charge < -0.3 is 10.1 Å². The molecule has 0 unspecified atom stereocenters. The Kier molecular flexibility index (Phi) is 6.23. The van der Waals surface area contributed by atoms with Gasteiger partial charge in [-0.1, -0.05) is 11.8 Å². The lowest BCUT2D eigenvalue weighted by molar-refractivity contribution is -0.142. The summed E-state index contributed by atoms with van der Waals surface area (Å²) in [5.41, 5.74) is 0.154. The maximum Gasteiger partial charge on any atom is 0.311 e. The molecule has 0 saturated carbocycles. The number of nitrogens with zero attached hydrogens (tertiary/aromatic N) is 3. The molecule has 2 aromatic heterocycles. The van der Waals surface area contributed by atoms with Gasteiger partial charge in [0.25, 0.3) is 5.56 Å².